The predicted octanol–water partition coefficient (Wildman–Crippen LogP) is 15.6. The van der Waals surface area contributed by atoms with Gasteiger partial charge in [-0.2, -0.15) is 0 Å². The smallest absolute Gasteiger partial charge is 0.249 e. The molecule has 0 aromatic heterocycles. The van der Waals surface area contributed by atoms with Crippen LogP contribution in [0.4, 0.5) is 0 Å². The van der Waals surface area contributed by atoms with E-state index in [0.29, 0.717) is 19.3 Å². The van der Waals surface area contributed by atoms with Gasteiger partial charge >= 0.3 is 0 Å². The quantitative estimate of drug-likeness (QED) is 0.0215. The largest absolute Gasteiger partial charge is 0.394 e. The molecule has 0 radical (unpaired) electrons. The molecule has 0 aliphatic carbocycles. The predicted molar refractivity (Wildman–Crippen MR) is 330 cm³/mol. The molecule has 1 heterocycles. The van der Waals surface area contributed by atoms with E-state index in [9.17, 15) is 40.5 Å². The Hall–Kier alpha value is -1.93. The minimum Gasteiger partial charge on any atom is -0.394 e. The van der Waals surface area contributed by atoms with Crippen molar-refractivity contribution in [3.05, 3.63) is 48.6 Å². The molecule has 0 spiro atoms. The number of hydrogen-bond donors (Lipinski definition) is 8. The van der Waals surface area contributed by atoms with Gasteiger partial charge in [-0.15, -0.1) is 0 Å². The van der Waals surface area contributed by atoms with E-state index in [0.717, 1.165) is 44.9 Å². The van der Waals surface area contributed by atoms with E-state index in [1.54, 1.807) is 0 Å². The van der Waals surface area contributed by atoms with Crippen LogP contribution in [-0.4, -0.2) is 110 Å². The van der Waals surface area contributed by atoms with E-state index >= 15 is 0 Å². The minimum absolute atomic E-state index is 0.241. The Morgan fingerprint density at radius 1 is 0.430 bits per heavy atom. The molecule has 0 aromatic carbocycles. The lowest BCUT2D eigenvalue weighted by Crippen LogP contribution is -2.60. The van der Waals surface area contributed by atoms with Crippen LogP contribution in [0.15, 0.2) is 48.6 Å². The first-order valence-electron chi connectivity index (χ1n) is 33.5. The van der Waals surface area contributed by atoms with Crippen LogP contribution < -0.4 is 5.32 Å². The number of ether oxygens (including phenoxy) is 2. The van der Waals surface area contributed by atoms with Crippen molar-refractivity contribution in [2.45, 2.75) is 364 Å². The molecule has 1 amide bonds. The van der Waals surface area contributed by atoms with E-state index in [-0.39, 0.29) is 12.8 Å². The zero-order valence-electron chi connectivity index (χ0n) is 51.1. The van der Waals surface area contributed by atoms with Crippen LogP contribution in [0, 0.1) is 0 Å². The summed E-state index contributed by atoms with van der Waals surface area (Å²) in [5, 5.41) is 76.4. The average molecular weight is 1120 g/mol. The first-order chi connectivity index (χ1) is 38.7. The minimum atomic E-state index is -1.67. The Morgan fingerprint density at radius 2 is 0.759 bits per heavy atom. The normalized spacial score (nSPS) is 19.6. The van der Waals surface area contributed by atoms with Crippen LogP contribution in [0.5, 0.6) is 0 Å². The standard InChI is InChI=1S/C68H127NO10/c1-3-5-7-9-11-13-15-17-19-21-23-25-27-28-29-30-31-32-34-36-38-40-42-44-46-48-50-52-54-56-61(72)67(77)69-59(58-78-68-66(76)65(75)64(74)62(57-70)79-68)63(73)60(71)55-53-51-49-47-45-43-41-39-37-35-33-26-24-22-20-18-16-14-12-10-8-6-4-2/h26,28-29,33,39,41,47,49,59-66,68,70-76H,3-25,27,30-32,34-38,40,42-46,48,50-58H2,1-2H3,(H,69,77)/b29-28-,33-26+,41-39+,49-47+. The number of carbonyl (C=O) groups excluding carboxylic acids is 1. The van der Waals surface area contributed by atoms with Gasteiger partial charge in [-0.05, 0) is 89.9 Å². The Kier molecular flexibility index (Phi) is 53.7. The molecule has 9 unspecified atom stereocenters. The van der Waals surface area contributed by atoms with Crippen LogP contribution in [-0.2, 0) is 14.3 Å². The summed E-state index contributed by atoms with van der Waals surface area (Å²) in [5.41, 5.74) is 0. The fraction of sp³-hybridized carbons (Fsp3) is 0.868. The lowest BCUT2D eigenvalue weighted by molar-refractivity contribution is -0.303. The fourth-order valence-electron chi connectivity index (χ4n) is 10.6. The molecule has 11 nitrogen and oxygen atoms in total. The van der Waals surface area contributed by atoms with Crippen molar-refractivity contribution in [3.63, 3.8) is 0 Å². The number of allylic oxidation sites excluding steroid dienone is 8. The molecular formula is C68H127NO10. The molecule has 1 aliphatic heterocycles. The maximum atomic E-state index is 13.2. The summed E-state index contributed by atoms with van der Waals surface area (Å²) >= 11 is 0. The van der Waals surface area contributed by atoms with Gasteiger partial charge < -0.3 is 50.5 Å². The highest BCUT2D eigenvalue weighted by Crippen LogP contribution is 2.24. The van der Waals surface area contributed by atoms with E-state index in [1.807, 2.05) is 0 Å². The summed E-state index contributed by atoms with van der Waals surface area (Å²) in [7, 11) is 0. The number of unbranched alkanes of at least 4 members (excludes halogenated alkanes) is 38. The van der Waals surface area contributed by atoms with Gasteiger partial charge in [0.15, 0.2) is 6.29 Å². The zero-order valence-corrected chi connectivity index (χ0v) is 51.1. The Bertz CT molecular complexity index is 1420. The number of amides is 1. The summed E-state index contributed by atoms with van der Waals surface area (Å²) in [6.45, 7) is 3.47. The molecule has 1 rings (SSSR count). The fourth-order valence-corrected chi connectivity index (χ4v) is 10.6. The van der Waals surface area contributed by atoms with Crippen LogP contribution in [0.2, 0.25) is 0 Å². The van der Waals surface area contributed by atoms with Gasteiger partial charge in [0.05, 0.1) is 25.4 Å². The molecule has 8 N–H and O–H groups in total. The van der Waals surface area contributed by atoms with Gasteiger partial charge in [-0.1, -0.05) is 268 Å². The van der Waals surface area contributed by atoms with Gasteiger partial charge in [0.2, 0.25) is 5.91 Å². The average Bonchev–Trinajstić information content (AvgIpc) is 3.46. The molecule has 9 atom stereocenters. The third kappa shape index (κ3) is 44.3. The van der Waals surface area contributed by atoms with Crippen LogP contribution in [0.25, 0.3) is 0 Å². The maximum Gasteiger partial charge on any atom is 0.249 e. The molecule has 1 saturated heterocycles. The number of nitrogens with one attached hydrogen (secondary N) is 1. The summed E-state index contributed by atoms with van der Waals surface area (Å²) in [6.07, 6.45) is 61.9. The summed E-state index contributed by atoms with van der Waals surface area (Å²) < 4.78 is 11.2. The first-order valence-corrected chi connectivity index (χ1v) is 33.5. The van der Waals surface area contributed by atoms with Gasteiger partial charge in [0.1, 0.15) is 36.6 Å². The number of carbonyl (C=O) groups is 1. The van der Waals surface area contributed by atoms with Crippen molar-refractivity contribution in [2.75, 3.05) is 13.2 Å². The van der Waals surface area contributed by atoms with E-state index < -0.39 is 74.2 Å². The lowest BCUT2D eigenvalue weighted by atomic mass is 9.98. The first kappa shape index (κ1) is 75.1. The van der Waals surface area contributed by atoms with Gasteiger partial charge in [0.25, 0.3) is 0 Å². The monoisotopic (exact) mass is 1120 g/mol. The third-order valence-electron chi connectivity index (χ3n) is 16.1. The highest BCUT2D eigenvalue weighted by atomic mass is 16.7. The Morgan fingerprint density at radius 3 is 1.13 bits per heavy atom. The highest BCUT2D eigenvalue weighted by molar-refractivity contribution is 5.80. The molecule has 464 valence electrons. The van der Waals surface area contributed by atoms with E-state index in [1.165, 1.54) is 218 Å². The van der Waals surface area contributed by atoms with Crippen LogP contribution >= 0.6 is 0 Å². The van der Waals surface area contributed by atoms with Crippen molar-refractivity contribution in [2.24, 2.45) is 0 Å². The van der Waals surface area contributed by atoms with Crippen molar-refractivity contribution in [1.82, 2.24) is 5.32 Å². The van der Waals surface area contributed by atoms with Crippen molar-refractivity contribution in [1.29, 1.82) is 0 Å². The molecule has 79 heavy (non-hydrogen) atoms. The Balaban J connectivity index is 2.26. The number of aliphatic hydroxyl groups is 7. The second-order valence-corrected chi connectivity index (χ2v) is 23.5. The van der Waals surface area contributed by atoms with E-state index in [2.05, 4.69) is 67.8 Å². The molecule has 11 heteroatoms. The van der Waals surface area contributed by atoms with Gasteiger partial charge in [-0.3, -0.25) is 4.79 Å². The number of rotatable bonds is 58. The lowest BCUT2D eigenvalue weighted by Gasteiger charge is -2.40. The molecule has 0 bridgehead atoms. The molecule has 0 aromatic rings. The van der Waals surface area contributed by atoms with Gasteiger partial charge in [0, 0.05) is 0 Å². The number of hydrogen-bond acceptors (Lipinski definition) is 10. The van der Waals surface area contributed by atoms with Crippen molar-refractivity contribution >= 4 is 5.91 Å². The Labute approximate surface area is 485 Å². The third-order valence-corrected chi connectivity index (χ3v) is 16.1. The maximum absolute atomic E-state index is 13.2. The van der Waals surface area contributed by atoms with E-state index in [4.69, 9.17) is 9.47 Å². The molecular weight excluding hydrogens is 991 g/mol. The second-order valence-electron chi connectivity index (χ2n) is 23.5. The molecule has 1 aliphatic rings. The highest BCUT2D eigenvalue weighted by Gasteiger charge is 2.44. The topological polar surface area (TPSA) is 189 Å². The summed E-state index contributed by atoms with van der Waals surface area (Å²) in [5.74, 6) is -0.709. The van der Waals surface area contributed by atoms with Crippen LogP contribution in [0.1, 0.15) is 309 Å². The summed E-state index contributed by atoms with van der Waals surface area (Å²) in [4.78, 5) is 13.2. The number of aliphatic hydroxyl groups excluding tert-OH is 7. The van der Waals surface area contributed by atoms with Crippen LogP contribution in [0.3, 0.4) is 0 Å². The van der Waals surface area contributed by atoms with Crippen molar-refractivity contribution < 1.29 is 50.0 Å². The summed E-state index contributed by atoms with van der Waals surface area (Å²) in [6, 6.07) is -1.20. The zero-order chi connectivity index (χ0) is 57.5. The molecule has 1 fully saturated rings. The molecule has 0 saturated carbocycles. The SMILES string of the molecule is CCCCCCCCCCCC/C=C/CC/C=C/CC/C=C/CCCC(O)C(O)C(COC1OC(CO)C(O)C(O)C1O)NC(=O)C(O)CCCCCCCCCCCCCCC/C=C\CCCCCCCCCCCCCC. The second kappa shape index (κ2) is 56.5. The van der Waals surface area contributed by atoms with Crippen molar-refractivity contribution in [3.8, 4) is 0 Å². The van der Waals surface area contributed by atoms with Gasteiger partial charge in [-0.25, -0.2) is 0 Å².